The highest BCUT2D eigenvalue weighted by Crippen LogP contribution is 2.27. The van der Waals surface area contributed by atoms with Crippen LogP contribution >= 0.6 is 15.9 Å². The largest absolute Gasteiger partial charge is 0.495 e. The van der Waals surface area contributed by atoms with E-state index >= 15 is 0 Å². The molecule has 0 aliphatic heterocycles. The minimum Gasteiger partial charge on any atom is -0.495 e. The molecule has 5 heteroatoms. The predicted molar refractivity (Wildman–Crippen MR) is 66.5 cm³/mol. The molecule has 1 aromatic carbocycles. The highest BCUT2D eigenvalue weighted by atomic mass is 79.9. The zero-order valence-electron chi connectivity index (χ0n) is 8.75. The van der Waals surface area contributed by atoms with Gasteiger partial charge in [0.05, 0.1) is 12.8 Å². The highest BCUT2D eigenvalue weighted by Gasteiger charge is 2.03. The van der Waals surface area contributed by atoms with Crippen molar-refractivity contribution in [1.82, 2.24) is 0 Å². The summed E-state index contributed by atoms with van der Waals surface area (Å²) in [5.74, 6) is 1.11. The van der Waals surface area contributed by atoms with Gasteiger partial charge < -0.3 is 15.8 Å². The summed E-state index contributed by atoms with van der Waals surface area (Å²) in [5.41, 5.74) is 6.45. The Morgan fingerprint density at radius 2 is 2.33 bits per heavy atom. The molecule has 82 valence electrons. The number of aliphatic imine (C=N–C) groups is 1. The van der Waals surface area contributed by atoms with Crippen molar-refractivity contribution in [3.63, 3.8) is 0 Å². The van der Waals surface area contributed by atoms with Gasteiger partial charge in [-0.3, -0.25) is 4.99 Å². The van der Waals surface area contributed by atoms with Crippen LogP contribution in [0.5, 0.6) is 5.75 Å². The summed E-state index contributed by atoms with van der Waals surface area (Å²) in [7, 11) is 1.61. The van der Waals surface area contributed by atoms with Crippen LogP contribution in [-0.4, -0.2) is 19.6 Å². The molecule has 0 radical (unpaired) electrons. The molecule has 0 atom stereocenters. The lowest BCUT2D eigenvalue weighted by molar-refractivity contribution is 0.417. The molecule has 0 bridgehead atoms. The molecule has 0 saturated heterocycles. The molecule has 0 saturated carbocycles. The predicted octanol–water partition coefficient (Wildman–Crippen LogP) is 2.20. The zero-order valence-corrected chi connectivity index (χ0v) is 10.3. The van der Waals surface area contributed by atoms with E-state index in [9.17, 15) is 0 Å². The van der Waals surface area contributed by atoms with Gasteiger partial charge in [-0.15, -0.1) is 0 Å². The van der Waals surface area contributed by atoms with E-state index in [1.54, 1.807) is 7.11 Å². The average molecular weight is 272 g/mol. The standard InChI is InChI=1S/C10H14BrN3O/c1-3-13-10(12)14-8-6-7(11)4-5-9(8)15-2/h4-6H,3H2,1-2H3,(H3,12,13,14). The number of hydrogen-bond donors (Lipinski definition) is 2. The molecular formula is C10H14BrN3O. The second kappa shape index (κ2) is 5.60. The third-order valence-electron chi connectivity index (χ3n) is 1.75. The van der Waals surface area contributed by atoms with Gasteiger partial charge in [0.15, 0.2) is 5.96 Å². The van der Waals surface area contributed by atoms with Crippen LogP contribution < -0.4 is 15.8 Å². The summed E-state index contributed by atoms with van der Waals surface area (Å²) in [5, 5.41) is 2.98. The smallest absolute Gasteiger partial charge is 0.193 e. The van der Waals surface area contributed by atoms with Crippen molar-refractivity contribution in [3.05, 3.63) is 22.7 Å². The molecule has 3 N–H and O–H groups in total. The number of halogens is 1. The summed E-state index contributed by atoms with van der Waals surface area (Å²) in [6.45, 7) is 2.57. The quantitative estimate of drug-likeness (QED) is 0.655. The Labute approximate surface area is 97.7 Å². The molecule has 0 amide bonds. The van der Waals surface area contributed by atoms with E-state index in [2.05, 4.69) is 26.2 Å². The third kappa shape index (κ3) is 3.43. The lowest BCUT2D eigenvalue weighted by atomic mass is 10.3. The van der Waals surface area contributed by atoms with Gasteiger partial charge >= 0.3 is 0 Å². The van der Waals surface area contributed by atoms with Crippen LogP contribution in [0.1, 0.15) is 6.92 Å². The van der Waals surface area contributed by atoms with Crippen LogP contribution in [0.2, 0.25) is 0 Å². The molecule has 0 unspecified atom stereocenters. The summed E-state index contributed by atoms with van der Waals surface area (Å²) >= 11 is 3.38. The number of methoxy groups -OCH3 is 1. The van der Waals surface area contributed by atoms with Crippen molar-refractivity contribution in [1.29, 1.82) is 0 Å². The molecule has 0 aliphatic rings. The monoisotopic (exact) mass is 271 g/mol. The van der Waals surface area contributed by atoms with E-state index in [0.717, 1.165) is 15.9 Å². The Kier molecular flexibility index (Phi) is 4.42. The van der Waals surface area contributed by atoms with Crippen LogP contribution in [0.25, 0.3) is 0 Å². The first-order chi connectivity index (χ1) is 7.17. The third-order valence-corrected chi connectivity index (χ3v) is 2.25. The van der Waals surface area contributed by atoms with Gasteiger partial charge in [-0.25, -0.2) is 0 Å². The van der Waals surface area contributed by atoms with Crippen molar-refractivity contribution >= 4 is 27.6 Å². The van der Waals surface area contributed by atoms with Gasteiger partial charge in [0.1, 0.15) is 5.75 Å². The maximum Gasteiger partial charge on any atom is 0.193 e. The fraction of sp³-hybridized carbons (Fsp3) is 0.300. The molecule has 0 aliphatic carbocycles. The molecule has 0 heterocycles. The Bertz CT molecular complexity index is 366. The first kappa shape index (κ1) is 11.8. The number of guanidine groups is 1. The lowest BCUT2D eigenvalue weighted by Gasteiger charge is -2.10. The SMILES string of the molecule is CCN=C(N)Nc1cc(Br)ccc1OC. The Hall–Kier alpha value is -1.23. The van der Waals surface area contributed by atoms with Gasteiger partial charge in [0.25, 0.3) is 0 Å². The minimum atomic E-state index is 0.383. The van der Waals surface area contributed by atoms with E-state index in [0.29, 0.717) is 12.5 Å². The number of anilines is 1. The summed E-state index contributed by atoms with van der Waals surface area (Å²) < 4.78 is 6.14. The summed E-state index contributed by atoms with van der Waals surface area (Å²) in [6, 6.07) is 5.64. The number of rotatable bonds is 3. The van der Waals surface area contributed by atoms with E-state index in [1.807, 2.05) is 25.1 Å². The van der Waals surface area contributed by atoms with Crippen molar-refractivity contribution in [2.75, 3.05) is 19.0 Å². The van der Waals surface area contributed by atoms with E-state index in [1.165, 1.54) is 0 Å². The summed E-state index contributed by atoms with van der Waals surface area (Å²) in [4.78, 5) is 4.04. The molecule has 0 aromatic heterocycles. The van der Waals surface area contributed by atoms with Crippen LogP contribution in [-0.2, 0) is 0 Å². The Morgan fingerprint density at radius 3 is 2.93 bits per heavy atom. The highest BCUT2D eigenvalue weighted by molar-refractivity contribution is 9.10. The molecular weight excluding hydrogens is 258 g/mol. The Balaban J connectivity index is 2.92. The first-order valence-corrected chi connectivity index (χ1v) is 5.37. The molecule has 0 fully saturated rings. The normalized spacial score (nSPS) is 11.3. The van der Waals surface area contributed by atoms with E-state index in [4.69, 9.17) is 10.5 Å². The second-order valence-electron chi connectivity index (χ2n) is 2.83. The first-order valence-electron chi connectivity index (χ1n) is 4.58. The van der Waals surface area contributed by atoms with Crippen LogP contribution in [0, 0.1) is 0 Å². The zero-order chi connectivity index (χ0) is 11.3. The van der Waals surface area contributed by atoms with Gasteiger partial charge in [-0.1, -0.05) is 15.9 Å². The fourth-order valence-corrected chi connectivity index (χ4v) is 1.49. The summed E-state index contributed by atoms with van der Waals surface area (Å²) in [6.07, 6.45) is 0. The number of hydrogen-bond acceptors (Lipinski definition) is 2. The van der Waals surface area contributed by atoms with Gasteiger partial charge in [-0.2, -0.15) is 0 Å². The van der Waals surface area contributed by atoms with Gasteiger partial charge in [-0.05, 0) is 25.1 Å². The number of nitrogens with two attached hydrogens (primary N) is 1. The van der Waals surface area contributed by atoms with Crippen LogP contribution in [0.3, 0.4) is 0 Å². The molecule has 1 rings (SSSR count). The molecule has 1 aromatic rings. The van der Waals surface area contributed by atoms with E-state index in [-0.39, 0.29) is 0 Å². The van der Waals surface area contributed by atoms with Crippen LogP contribution in [0.15, 0.2) is 27.7 Å². The van der Waals surface area contributed by atoms with Crippen molar-refractivity contribution < 1.29 is 4.74 Å². The van der Waals surface area contributed by atoms with Crippen molar-refractivity contribution in [2.24, 2.45) is 10.7 Å². The fourth-order valence-electron chi connectivity index (χ4n) is 1.13. The number of ether oxygens (including phenoxy) is 1. The molecule has 4 nitrogen and oxygen atoms in total. The number of benzene rings is 1. The van der Waals surface area contributed by atoms with Gasteiger partial charge in [0, 0.05) is 11.0 Å². The number of nitrogens with one attached hydrogen (secondary N) is 1. The van der Waals surface area contributed by atoms with Crippen LogP contribution in [0.4, 0.5) is 5.69 Å². The molecule has 15 heavy (non-hydrogen) atoms. The minimum absolute atomic E-state index is 0.383. The number of nitrogens with zero attached hydrogens (tertiary/aromatic N) is 1. The van der Waals surface area contributed by atoms with E-state index < -0.39 is 0 Å². The molecule has 0 spiro atoms. The van der Waals surface area contributed by atoms with Crippen molar-refractivity contribution in [3.8, 4) is 5.75 Å². The Morgan fingerprint density at radius 1 is 1.60 bits per heavy atom. The second-order valence-corrected chi connectivity index (χ2v) is 3.74. The average Bonchev–Trinajstić information content (AvgIpc) is 2.18. The topological polar surface area (TPSA) is 59.6 Å². The van der Waals surface area contributed by atoms with Crippen molar-refractivity contribution in [2.45, 2.75) is 6.92 Å². The maximum atomic E-state index is 5.66. The maximum absolute atomic E-state index is 5.66. The lowest BCUT2D eigenvalue weighted by Crippen LogP contribution is -2.22. The van der Waals surface area contributed by atoms with Gasteiger partial charge in [0.2, 0.25) is 0 Å².